The highest BCUT2D eigenvalue weighted by Gasteiger charge is 2.63. The Morgan fingerprint density at radius 2 is 2.19 bits per heavy atom. The Kier molecular flexibility index (Phi) is 2.83. The third-order valence-electron chi connectivity index (χ3n) is 3.09. The summed E-state index contributed by atoms with van der Waals surface area (Å²) >= 11 is 0. The highest BCUT2D eigenvalue weighted by atomic mass is 19.4. The summed E-state index contributed by atoms with van der Waals surface area (Å²) in [5, 5.41) is 3.46. The van der Waals surface area contributed by atoms with Crippen LogP contribution in [0.4, 0.5) is 13.2 Å². The van der Waals surface area contributed by atoms with Crippen LogP contribution in [0.5, 0.6) is 0 Å². The fourth-order valence-electron chi connectivity index (χ4n) is 2.08. The van der Waals surface area contributed by atoms with Gasteiger partial charge in [0.25, 0.3) is 5.91 Å². The van der Waals surface area contributed by atoms with E-state index in [1.165, 1.54) is 0 Å². The Balaban J connectivity index is 2.22. The van der Waals surface area contributed by atoms with Gasteiger partial charge in [-0.1, -0.05) is 0 Å². The van der Waals surface area contributed by atoms with E-state index in [0.717, 1.165) is 5.06 Å². The van der Waals surface area contributed by atoms with Crippen molar-refractivity contribution < 1.29 is 22.8 Å². The summed E-state index contributed by atoms with van der Waals surface area (Å²) < 4.78 is 38.9. The van der Waals surface area contributed by atoms with E-state index in [-0.39, 0.29) is 26.1 Å². The molecule has 92 valence electrons. The lowest BCUT2D eigenvalue weighted by Crippen LogP contribution is -2.52. The molecule has 1 N–H and O–H groups in total. The molecule has 0 aromatic heterocycles. The van der Waals surface area contributed by atoms with E-state index in [9.17, 15) is 18.0 Å². The zero-order chi connectivity index (χ0) is 11.8. The Hall–Kier alpha value is -0.820. The minimum atomic E-state index is -4.53. The van der Waals surface area contributed by atoms with Crippen LogP contribution in [0.2, 0.25) is 0 Å². The van der Waals surface area contributed by atoms with Crippen molar-refractivity contribution in [3.8, 4) is 0 Å². The number of hydroxylamine groups is 2. The molecule has 0 bridgehead atoms. The minimum absolute atomic E-state index is 0.207. The zero-order valence-corrected chi connectivity index (χ0v) is 8.64. The van der Waals surface area contributed by atoms with Crippen LogP contribution in [0.25, 0.3) is 0 Å². The van der Waals surface area contributed by atoms with Crippen molar-refractivity contribution in [3.63, 3.8) is 0 Å². The molecule has 0 radical (unpaired) electrons. The van der Waals surface area contributed by atoms with Gasteiger partial charge in [0, 0.05) is 6.54 Å². The number of carbonyl (C=O) groups is 1. The van der Waals surface area contributed by atoms with Gasteiger partial charge in [-0.25, -0.2) is 5.06 Å². The van der Waals surface area contributed by atoms with E-state index < -0.39 is 17.5 Å². The maximum atomic E-state index is 13.0. The van der Waals surface area contributed by atoms with Gasteiger partial charge in [-0.3, -0.25) is 9.63 Å². The number of alkyl halides is 3. The predicted octanol–water partition coefficient (Wildman–Crippen LogP) is 0.692. The molecule has 2 saturated heterocycles. The number of hydrogen-bond donors (Lipinski definition) is 1. The molecule has 0 aliphatic carbocycles. The molecular weight excluding hydrogens is 225 g/mol. The van der Waals surface area contributed by atoms with Gasteiger partial charge in [0.1, 0.15) is 0 Å². The molecule has 0 saturated carbocycles. The third-order valence-corrected chi connectivity index (χ3v) is 3.09. The number of halogens is 3. The Morgan fingerprint density at radius 1 is 1.44 bits per heavy atom. The van der Waals surface area contributed by atoms with Crippen LogP contribution < -0.4 is 5.32 Å². The average Bonchev–Trinajstić information content (AvgIpc) is 2.88. The molecule has 1 unspecified atom stereocenters. The first-order valence-electron chi connectivity index (χ1n) is 5.20. The monoisotopic (exact) mass is 238 g/mol. The molecule has 1 amide bonds. The maximum Gasteiger partial charge on any atom is 0.404 e. The summed E-state index contributed by atoms with van der Waals surface area (Å²) in [6.07, 6.45) is -4.15. The topological polar surface area (TPSA) is 41.6 Å². The predicted molar refractivity (Wildman–Crippen MR) is 48.3 cm³/mol. The second-order valence-corrected chi connectivity index (χ2v) is 4.10. The summed E-state index contributed by atoms with van der Waals surface area (Å²) in [4.78, 5) is 16.8. The van der Waals surface area contributed by atoms with Gasteiger partial charge in [-0.2, -0.15) is 13.2 Å². The minimum Gasteiger partial charge on any atom is -0.315 e. The van der Waals surface area contributed by atoms with Gasteiger partial charge in [0.2, 0.25) is 0 Å². The van der Waals surface area contributed by atoms with Gasteiger partial charge >= 0.3 is 6.18 Å². The summed E-state index contributed by atoms with van der Waals surface area (Å²) in [7, 11) is 0. The van der Waals surface area contributed by atoms with Crippen molar-refractivity contribution in [1.82, 2.24) is 10.4 Å². The van der Waals surface area contributed by atoms with Crippen molar-refractivity contribution in [2.45, 2.75) is 19.0 Å². The molecule has 1 atom stereocenters. The molecule has 2 aliphatic rings. The van der Waals surface area contributed by atoms with Crippen LogP contribution >= 0.6 is 0 Å². The van der Waals surface area contributed by atoms with Crippen molar-refractivity contribution in [2.24, 2.45) is 5.41 Å². The molecule has 2 aliphatic heterocycles. The number of carbonyl (C=O) groups excluding carboxylic acids is 1. The first-order chi connectivity index (χ1) is 7.47. The summed E-state index contributed by atoms with van der Waals surface area (Å²) in [6, 6.07) is 0. The van der Waals surface area contributed by atoms with Crippen molar-refractivity contribution >= 4 is 5.91 Å². The van der Waals surface area contributed by atoms with Crippen molar-refractivity contribution in [3.05, 3.63) is 0 Å². The highest BCUT2D eigenvalue weighted by Crippen LogP contribution is 2.44. The largest absolute Gasteiger partial charge is 0.404 e. The normalized spacial score (nSPS) is 31.1. The highest BCUT2D eigenvalue weighted by molar-refractivity contribution is 5.83. The van der Waals surface area contributed by atoms with Crippen LogP contribution in [-0.2, 0) is 9.63 Å². The van der Waals surface area contributed by atoms with Gasteiger partial charge in [-0.15, -0.1) is 0 Å². The fraction of sp³-hybridized carbons (Fsp3) is 0.889. The first kappa shape index (κ1) is 11.7. The van der Waals surface area contributed by atoms with Crippen LogP contribution in [0.3, 0.4) is 0 Å². The molecular formula is C9H13F3N2O2. The van der Waals surface area contributed by atoms with Gasteiger partial charge in [-0.05, 0) is 19.4 Å². The van der Waals surface area contributed by atoms with E-state index in [1.807, 2.05) is 0 Å². The molecule has 2 rings (SSSR count). The molecule has 2 heterocycles. The Bertz CT molecular complexity index is 281. The van der Waals surface area contributed by atoms with Crippen LogP contribution in [-0.4, -0.2) is 43.4 Å². The van der Waals surface area contributed by atoms with E-state index in [2.05, 4.69) is 5.32 Å². The molecule has 0 spiro atoms. The lowest BCUT2D eigenvalue weighted by atomic mass is 9.85. The maximum absolute atomic E-state index is 13.0. The van der Waals surface area contributed by atoms with Crippen molar-refractivity contribution in [2.75, 3.05) is 26.2 Å². The second-order valence-electron chi connectivity index (χ2n) is 4.10. The number of nitrogens with one attached hydrogen (secondary N) is 1. The Morgan fingerprint density at radius 3 is 2.62 bits per heavy atom. The second kappa shape index (κ2) is 3.89. The molecule has 7 heteroatoms. The van der Waals surface area contributed by atoms with E-state index in [1.54, 1.807) is 0 Å². The molecule has 2 fully saturated rings. The fourth-order valence-corrected chi connectivity index (χ4v) is 2.08. The number of nitrogens with zero attached hydrogens (tertiary/aromatic N) is 1. The van der Waals surface area contributed by atoms with Crippen molar-refractivity contribution in [1.29, 1.82) is 0 Å². The van der Waals surface area contributed by atoms with Crippen LogP contribution in [0, 0.1) is 5.41 Å². The van der Waals surface area contributed by atoms with Gasteiger partial charge < -0.3 is 5.32 Å². The summed E-state index contributed by atoms with van der Waals surface area (Å²) in [5.74, 6) is -0.956. The first-order valence-corrected chi connectivity index (χ1v) is 5.20. The van der Waals surface area contributed by atoms with E-state index in [0.29, 0.717) is 13.0 Å². The summed E-state index contributed by atoms with van der Waals surface area (Å²) in [6.45, 7) is 0.415. The molecule has 0 aromatic carbocycles. The number of amides is 1. The average molecular weight is 238 g/mol. The smallest absolute Gasteiger partial charge is 0.315 e. The van der Waals surface area contributed by atoms with E-state index >= 15 is 0 Å². The standard InChI is InChI=1S/C9H13F3N2O2/c10-9(11,12)8(2-3-13-6-8)7(15)14-4-1-5-16-14/h13H,1-6H2. The third kappa shape index (κ3) is 1.67. The summed E-state index contributed by atoms with van der Waals surface area (Å²) in [5.41, 5.74) is -2.29. The van der Waals surface area contributed by atoms with Gasteiger partial charge in [0.15, 0.2) is 5.41 Å². The van der Waals surface area contributed by atoms with E-state index in [4.69, 9.17) is 4.84 Å². The lowest BCUT2D eigenvalue weighted by Gasteiger charge is -2.32. The molecule has 16 heavy (non-hydrogen) atoms. The van der Waals surface area contributed by atoms with Gasteiger partial charge in [0.05, 0.1) is 13.2 Å². The Labute approximate surface area is 90.7 Å². The number of rotatable bonds is 1. The zero-order valence-electron chi connectivity index (χ0n) is 8.64. The van der Waals surface area contributed by atoms with Crippen LogP contribution in [0.1, 0.15) is 12.8 Å². The molecule has 4 nitrogen and oxygen atoms in total. The number of hydrogen-bond acceptors (Lipinski definition) is 3. The quantitative estimate of drug-likeness (QED) is 0.731. The lowest BCUT2D eigenvalue weighted by molar-refractivity contribution is -0.238. The molecule has 0 aromatic rings. The van der Waals surface area contributed by atoms with Crippen LogP contribution in [0.15, 0.2) is 0 Å². The SMILES string of the molecule is O=C(N1CCCO1)C1(C(F)(F)F)CCNC1.